The zero-order chi connectivity index (χ0) is 24.1. The Morgan fingerprint density at radius 1 is 0.543 bits per heavy atom. The molecule has 0 radical (unpaired) electrons. The maximum absolute atomic E-state index is 13.2. The Kier molecular flexibility index (Phi) is 9.41. The van der Waals surface area contributed by atoms with Gasteiger partial charge in [-0.3, -0.25) is 29.7 Å². The van der Waals surface area contributed by atoms with Gasteiger partial charge in [-0.05, 0) is 61.6 Å². The van der Waals surface area contributed by atoms with Crippen molar-refractivity contribution in [3.8, 4) is 0 Å². The van der Waals surface area contributed by atoms with Crippen molar-refractivity contribution in [1.29, 1.82) is 0 Å². The molecular weight excluding hydrogens is 436 g/mol. The van der Waals surface area contributed by atoms with E-state index in [-0.39, 0.29) is 0 Å². The van der Waals surface area contributed by atoms with E-state index in [0.717, 1.165) is 22.8 Å². The highest BCUT2D eigenvalue weighted by Gasteiger charge is 2.13. The third kappa shape index (κ3) is 8.64. The predicted octanol–water partition coefficient (Wildman–Crippen LogP) is 3.09. The lowest BCUT2D eigenvalue weighted by molar-refractivity contribution is -0.423. The normalized spacial score (nSPS) is 12.2. The zero-order valence-electron chi connectivity index (χ0n) is 19.9. The van der Waals surface area contributed by atoms with Gasteiger partial charge in [0.05, 0.1) is 22.8 Å². The standard InChI is InChI=1S/C28H31N6O/c35-28(23-34(21-26-11-3-7-16-31-26)22-27-12-4-8-17-32-27)13-18-33(19-24-9-1-5-14-29-24)20-25-10-2-6-15-30-25/h1-12,14-17,28H,13,18-23H2/q-1. The Balaban J connectivity index is 1.38. The van der Waals surface area contributed by atoms with E-state index in [4.69, 9.17) is 0 Å². The molecule has 35 heavy (non-hydrogen) atoms. The van der Waals surface area contributed by atoms with Gasteiger partial charge in [0.25, 0.3) is 0 Å². The highest BCUT2D eigenvalue weighted by Crippen LogP contribution is 2.11. The zero-order valence-corrected chi connectivity index (χ0v) is 19.9. The number of hydrogen-bond acceptors (Lipinski definition) is 7. The number of pyridine rings is 4. The first kappa shape index (κ1) is 24.6. The summed E-state index contributed by atoms with van der Waals surface area (Å²) in [5.74, 6) is 0. The highest BCUT2D eigenvalue weighted by atomic mass is 16.3. The molecule has 0 saturated carbocycles. The molecule has 0 N–H and O–H groups in total. The Labute approximate surface area is 207 Å². The van der Waals surface area contributed by atoms with E-state index in [2.05, 4.69) is 29.7 Å². The fourth-order valence-corrected chi connectivity index (χ4v) is 3.99. The lowest BCUT2D eigenvalue weighted by Crippen LogP contribution is -2.41. The summed E-state index contributed by atoms with van der Waals surface area (Å²) in [6, 6.07) is 23.6. The van der Waals surface area contributed by atoms with Crippen LogP contribution in [-0.4, -0.2) is 48.9 Å². The molecule has 1 atom stereocenters. The first-order valence-corrected chi connectivity index (χ1v) is 11.9. The molecule has 4 aromatic heterocycles. The summed E-state index contributed by atoms with van der Waals surface area (Å²) in [5.41, 5.74) is 3.86. The number of nitrogens with zero attached hydrogens (tertiary/aromatic N) is 6. The summed E-state index contributed by atoms with van der Waals surface area (Å²) in [6.07, 6.45) is 6.97. The van der Waals surface area contributed by atoms with Gasteiger partial charge in [0.1, 0.15) is 0 Å². The molecule has 7 nitrogen and oxygen atoms in total. The van der Waals surface area contributed by atoms with Crippen molar-refractivity contribution in [3.05, 3.63) is 120 Å². The Morgan fingerprint density at radius 3 is 1.26 bits per heavy atom. The van der Waals surface area contributed by atoms with E-state index in [1.165, 1.54) is 0 Å². The van der Waals surface area contributed by atoms with Crippen molar-refractivity contribution in [2.45, 2.75) is 38.7 Å². The molecule has 180 valence electrons. The minimum absolute atomic E-state index is 0.425. The van der Waals surface area contributed by atoms with Crippen LogP contribution in [0.5, 0.6) is 0 Å². The van der Waals surface area contributed by atoms with E-state index >= 15 is 0 Å². The summed E-state index contributed by atoms with van der Waals surface area (Å²) >= 11 is 0. The van der Waals surface area contributed by atoms with Crippen LogP contribution in [0, 0.1) is 0 Å². The van der Waals surface area contributed by atoms with Crippen molar-refractivity contribution >= 4 is 0 Å². The maximum Gasteiger partial charge on any atom is 0.0544 e. The van der Waals surface area contributed by atoms with Gasteiger partial charge in [-0.25, -0.2) is 0 Å². The first-order chi connectivity index (χ1) is 17.2. The summed E-state index contributed by atoms with van der Waals surface area (Å²) in [6.45, 7) is 3.67. The molecule has 0 aliphatic carbocycles. The monoisotopic (exact) mass is 467 g/mol. The van der Waals surface area contributed by atoms with Gasteiger partial charge >= 0.3 is 0 Å². The van der Waals surface area contributed by atoms with Crippen LogP contribution in [-0.2, 0) is 26.2 Å². The molecule has 0 saturated heterocycles. The van der Waals surface area contributed by atoms with Crippen LogP contribution in [0.2, 0.25) is 0 Å². The second kappa shape index (κ2) is 13.4. The van der Waals surface area contributed by atoms with Crippen LogP contribution in [0.15, 0.2) is 97.6 Å². The molecule has 0 fully saturated rings. The van der Waals surface area contributed by atoms with Crippen molar-refractivity contribution < 1.29 is 5.11 Å². The smallest absolute Gasteiger partial charge is 0.0544 e. The summed E-state index contributed by atoms with van der Waals surface area (Å²) in [7, 11) is 0. The number of aromatic nitrogens is 4. The van der Waals surface area contributed by atoms with Crippen molar-refractivity contribution in [3.63, 3.8) is 0 Å². The van der Waals surface area contributed by atoms with E-state index in [1.54, 1.807) is 24.8 Å². The van der Waals surface area contributed by atoms with Gasteiger partial charge in [0.15, 0.2) is 0 Å². The van der Waals surface area contributed by atoms with Crippen molar-refractivity contribution in [2.24, 2.45) is 0 Å². The molecule has 4 heterocycles. The fourth-order valence-electron chi connectivity index (χ4n) is 3.99. The average molecular weight is 468 g/mol. The molecule has 0 amide bonds. The summed E-state index contributed by atoms with van der Waals surface area (Å²) < 4.78 is 0. The van der Waals surface area contributed by atoms with Gasteiger partial charge in [-0.1, -0.05) is 30.7 Å². The number of rotatable bonds is 13. The van der Waals surface area contributed by atoms with Gasteiger partial charge < -0.3 is 5.11 Å². The molecule has 7 heteroatoms. The highest BCUT2D eigenvalue weighted by molar-refractivity contribution is 5.07. The van der Waals surface area contributed by atoms with Crippen molar-refractivity contribution in [1.82, 2.24) is 29.7 Å². The number of hydrogen-bond donors (Lipinski definition) is 0. The second-order valence-corrected chi connectivity index (χ2v) is 8.58. The second-order valence-electron chi connectivity index (χ2n) is 8.58. The topological polar surface area (TPSA) is 81.1 Å². The third-order valence-corrected chi connectivity index (χ3v) is 5.68. The largest absolute Gasteiger partial charge is 0.851 e. The van der Waals surface area contributed by atoms with Crippen LogP contribution in [0.25, 0.3) is 0 Å². The maximum atomic E-state index is 13.2. The van der Waals surface area contributed by atoms with Crippen LogP contribution in [0.4, 0.5) is 0 Å². The molecular formula is C28H31N6O-. The molecule has 0 aromatic carbocycles. The molecule has 4 rings (SSSR count). The predicted molar refractivity (Wildman–Crippen MR) is 134 cm³/mol. The molecule has 0 aliphatic heterocycles. The lowest BCUT2D eigenvalue weighted by atomic mass is 10.2. The molecule has 0 spiro atoms. The Hall–Kier alpha value is -3.52. The van der Waals surface area contributed by atoms with Gasteiger partial charge in [-0.2, -0.15) is 0 Å². The summed E-state index contributed by atoms with van der Waals surface area (Å²) in [5, 5.41) is 13.2. The van der Waals surface area contributed by atoms with Crippen LogP contribution < -0.4 is 5.11 Å². The van der Waals surface area contributed by atoms with Gasteiger partial charge in [-0.15, -0.1) is 6.10 Å². The van der Waals surface area contributed by atoms with E-state index < -0.39 is 6.10 Å². The van der Waals surface area contributed by atoms with Crippen LogP contribution >= 0.6 is 0 Å². The lowest BCUT2D eigenvalue weighted by Gasteiger charge is -2.32. The van der Waals surface area contributed by atoms with Crippen LogP contribution in [0.1, 0.15) is 29.2 Å². The minimum Gasteiger partial charge on any atom is -0.851 e. The van der Waals surface area contributed by atoms with Crippen LogP contribution in [0.3, 0.4) is 0 Å². The average Bonchev–Trinajstić information content (AvgIpc) is 2.90. The fraction of sp³-hybridized carbons (Fsp3) is 0.286. The Bertz CT molecular complexity index is 1020. The molecule has 0 bridgehead atoms. The van der Waals surface area contributed by atoms with Gasteiger partial charge in [0.2, 0.25) is 0 Å². The molecule has 1 unspecified atom stereocenters. The third-order valence-electron chi connectivity index (χ3n) is 5.68. The summed E-state index contributed by atoms with van der Waals surface area (Å²) in [4.78, 5) is 22.2. The quantitative estimate of drug-likeness (QED) is 0.299. The van der Waals surface area contributed by atoms with E-state index in [0.29, 0.717) is 45.7 Å². The van der Waals surface area contributed by atoms with E-state index in [1.807, 2.05) is 72.8 Å². The molecule has 4 aromatic rings. The van der Waals surface area contributed by atoms with Crippen molar-refractivity contribution in [2.75, 3.05) is 13.1 Å². The minimum atomic E-state index is -0.739. The first-order valence-electron chi connectivity index (χ1n) is 11.9. The van der Waals surface area contributed by atoms with E-state index in [9.17, 15) is 5.11 Å². The molecule has 0 aliphatic rings. The SMILES string of the molecule is [O-]C(CCN(Cc1ccccn1)Cc1ccccn1)CN(Cc1ccccn1)Cc1ccccn1. The Morgan fingerprint density at radius 2 is 0.914 bits per heavy atom. The van der Waals surface area contributed by atoms with Gasteiger partial charge in [0, 0.05) is 51.0 Å².